The second-order valence-electron chi connectivity index (χ2n) is 10.3. The Bertz CT molecular complexity index is 1010. The van der Waals surface area contributed by atoms with Crippen molar-refractivity contribution < 1.29 is 19.8 Å². The second-order valence-corrected chi connectivity index (χ2v) is 10.3. The monoisotopic (exact) mass is 449 g/mol. The molecule has 5 nitrogen and oxygen atoms in total. The van der Waals surface area contributed by atoms with Gasteiger partial charge in [0.1, 0.15) is 5.60 Å². The third-order valence-corrected chi connectivity index (χ3v) is 8.12. The van der Waals surface area contributed by atoms with Crippen LogP contribution in [0.1, 0.15) is 39.7 Å². The molecule has 1 aromatic rings. The molecule has 1 aromatic carbocycles. The number of benzene rings is 1. The lowest BCUT2D eigenvalue weighted by molar-refractivity contribution is -0.138. The van der Waals surface area contributed by atoms with Crippen LogP contribution in [0.4, 0.5) is 0 Å². The Balaban J connectivity index is 1.84. The quantitative estimate of drug-likeness (QED) is 0.604. The lowest BCUT2D eigenvalue weighted by Gasteiger charge is -2.47. The highest BCUT2D eigenvalue weighted by molar-refractivity contribution is 5.91. The van der Waals surface area contributed by atoms with E-state index in [9.17, 15) is 19.8 Å². The van der Waals surface area contributed by atoms with Gasteiger partial charge >= 0.3 is 0 Å². The van der Waals surface area contributed by atoms with Crippen molar-refractivity contribution in [3.63, 3.8) is 0 Å². The van der Waals surface area contributed by atoms with E-state index in [1.165, 1.54) is 24.6 Å². The number of Topliss-reactive ketones (excluding diaryl/α,β-unsaturated/α-hetero) is 1. The van der Waals surface area contributed by atoms with Gasteiger partial charge in [0.2, 0.25) is 5.91 Å². The molecule has 5 heteroatoms. The SMILES string of the molecule is CC1=C[C@@H]2/C=C/C[C@H](C)C(=O)[C@](C)(O)/C=C/[C@@H](O)C23C(=O)N[C@H](Cc2ccccc2)[C@@H]3[C@H]1C. The number of allylic oxidation sites excluding steroid dienone is 4. The zero-order chi connectivity index (χ0) is 24.0. The van der Waals surface area contributed by atoms with E-state index in [4.69, 9.17) is 0 Å². The summed E-state index contributed by atoms with van der Waals surface area (Å²) in [7, 11) is 0. The summed E-state index contributed by atoms with van der Waals surface area (Å²) in [6.45, 7) is 7.46. The first-order chi connectivity index (χ1) is 15.6. The molecule has 1 spiro atoms. The molecule has 1 heterocycles. The fourth-order valence-corrected chi connectivity index (χ4v) is 6.20. The molecule has 33 heavy (non-hydrogen) atoms. The van der Waals surface area contributed by atoms with Gasteiger partial charge in [0.05, 0.1) is 11.5 Å². The normalized spacial score (nSPS) is 42.9. The number of hydrogen-bond acceptors (Lipinski definition) is 4. The molecule has 1 fully saturated rings. The number of carbonyl (C=O) groups excluding carboxylic acids is 2. The summed E-state index contributed by atoms with van der Waals surface area (Å²) in [5.74, 6) is -1.23. The van der Waals surface area contributed by atoms with E-state index in [0.717, 1.165) is 5.56 Å². The van der Waals surface area contributed by atoms with Crippen LogP contribution in [-0.2, 0) is 16.0 Å². The summed E-state index contributed by atoms with van der Waals surface area (Å²) >= 11 is 0. The Morgan fingerprint density at radius 1 is 1.12 bits per heavy atom. The van der Waals surface area contributed by atoms with E-state index in [1.54, 1.807) is 6.92 Å². The van der Waals surface area contributed by atoms with Crippen molar-refractivity contribution in [2.24, 2.45) is 29.1 Å². The van der Waals surface area contributed by atoms with Gasteiger partial charge in [-0.25, -0.2) is 0 Å². The van der Waals surface area contributed by atoms with Crippen LogP contribution < -0.4 is 5.32 Å². The van der Waals surface area contributed by atoms with Crippen LogP contribution >= 0.6 is 0 Å². The summed E-state index contributed by atoms with van der Waals surface area (Å²) in [6, 6.07) is 9.94. The van der Waals surface area contributed by atoms with Crippen molar-refractivity contribution in [3.05, 3.63) is 71.8 Å². The first kappa shape index (κ1) is 23.7. The molecule has 0 aromatic heterocycles. The first-order valence-electron chi connectivity index (χ1n) is 11.9. The van der Waals surface area contributed by atoms with Crippen LogP contribution in [-0.4, -0.2) is 39.7 Å². The van der Waals surface area contributed by atoms with E-state index in [1.807, 2.05) is 30.4 Å². The van der Waals surface area contributed by atoms with Crippen LogP contribution in [0.3, 0.4) is 0 Å². The summed E-state index contributed by atoms with van der Waals surface area (Å²) in [6.07, 6.45) is 8.84. The van der Waals surface area contributed by atoms with Crippen molar-refractivity contribution in [1.29, 1.82) is 0 Å². The van der Waals surface area contributed by atoms with E-state index in [2.05, 4.69) is 37.4 Å². The molecule has 3 N–H and O–H groups in total. The number of aliphatic hydroxyl groups is 2. The first-order valence-corrected chi connectivity index (χ1v) is 11.9. The lowest BCUT2D eigenvalue weighted by Crippen LogP contribution is -2.54. The van der Waals surface area contributed by atoms with Gasteiger partial charge in [-0.05, 0) is 44.2 Å². The smallest absolute Gasteiger partial charge is 0.230 e. The molecule has 2 aliphatic carbocycles. The summed E-state index contributed by atoms with van der Waals surface area (Å²) in [5, 5.41) is 25.6. The molecular weight excluding hydrogens is 414 g/mol. The van der Waals surface area contributed by atoms with Gasteiger partial charge in [-0.15, -0.1) is 0 Å². The van der Waals surface area contributed by atoms with Crippen molar-refractivity contribution in [2.45, 2.75) is 58.3 Å². The lowest BCUT2D eigenvalue weighted by atomic mass is 9.54. The number of nitrogens with one attached hydrogen (secondary N) is 1. The average Bonchev–Trinajstić information content (AvgIpc) is 3.07. The molecule has 4 rings (SSSR count). The predicted molar refractivity (Wildman–Crippen MR) is 128 cm³/mol. The van der Waals surface area contributed by atoms with Gasteiger partial charge in [0.15, 0.2) is 5.78 Å². The zero-order valence-corrected chi connectivity index (χ0v) is 19.9. The molecule has 1 unspecified atom stereocenters. The molecule has 0 radical (unpaired) electrons. The fourth-order valence-electron chi connectivity index (χ4n) is 6.20. The Kier molecular flexibility index (Phi) is 6.23. The number of aliphatic hydroxyl groups excluding tert-OH is 1. The average molecular weight is 450 g/mol. The van der Waals surface area contributed by atoms with Gasteiger partial charge in [0.25, 0.3) is 0 Å². The minimum Gasteiger partial charge on any atom is -0.388 e. The Morgan fingerprint density at radius 3 is 2.52 bits per heavy atom. The van der Waals surface area contributed by atoms with Gasteiger partial charge in [0, 0.05) is 23.8 Å². The van der Waals surface area contributed by atoms with Gasteiger partial charge in [-0.1, -0.05) is 74.1 Å². The highest BCUT2D eigenvalue weighted by Gasteiger charge is 2.64. The van der Waals surface area contributed by atoms with Crippen LogP contribution in [0.15, 0.2) is 66.3 Å². The number of amides is 1. The van der Waals surface area contributed by atoms with E-state index in [-0.39, 0.29) is 41.4 Å². The van der Waals surface area contributed by atoms with E-state index < -0.39 is 17.1 Å². The van der Waals surface area contributed by atoms with Crippen LogP contribution in [0.25, 0.3) is 0 Å². The van der Waals surface area contributed by atoms with E-state index >= 15 is 0 Å². The maximum absolute atomic E-state index is 13.8. The van der Waals surface area contributed by atoms with Crippen LogP contribution in [0.2, 0.25) is 0 Å². The van der Waals surface area contributed by atoms with Crippen molar-refractivity contribution in [2.75, 3.05) is 0 Å². The minimum atomic E-state index is -1.70. The molecule has 0 saturated carbocycles. The highest BCUT2D eigenvalue weighted by Crippen LogP contribution is 2.56. The Hall–Kier alpha value is -2.50. The van der Waals surface area contributed by atoms with Crippen LogP contribution in [0.5, 0.6) is 0 Å². The molecular formula is C28H35NO4. The summed E-state index contributed by atoms with van der Waals surface area (Å²) in [5.41, 5.74) is -0.486. The summed E-state index contributed by atoms with van der Waals surface area (Å²) < 4.78 is 0. The highest BCUT2D eigenvalue weighted by atomic mass is 16.3. The molecule has 176 valence electrons. The molecule has 1 amide bonds. The molecule has 3 aliphatic rings. The predicted octanol–water partition coefficient (Wildman–Crippen LogP) is 3.38. The van der Waals surface area contributed by atoms with E-state index in [0.29, 0.717) is 12.8 Å². The molecule has 8 atom stereocenters. The summed E-state index contributed by atoms with van der Waals surface area (Å²) in [4.78, 5) is 26.5. The number of carbonyl (C=O) groups is 2. The third-order valence-electron chi connectivity index (χ3n) is 8.12. The van der Waals surface area contributed by atoms with Crippen molar-refractivity contribution in [1.82, 2.24) is 5.32 Å². The fraction of sp³-hybridized carbons (Fsp3) is 0.500. The topological polar surface area (TPSA) is 86.6 Å². The Morgan fingerprint density at radius 2 is 1.82 bits per heavy atom. The van der Waals surface area contributed by atoms with Gasteiger partial charge < -0.3 is 15.5 Å². The minimum absolute atomic E-state index is 0.0801. The largest absolute Gasteiger partial charge is 0.388 e. The molecule has 0 bridgehead atoms. The standard InChI is InChI=1S/C28H35NO4/c1-17-9-8-12-21-15-18(2)19(3)24-22(16-20-10-6-5-7-11-20)29-26(32)28(21,24)23(30)13-14-27(4,33)25(17)31/h5-8,10-15,17,19,21-24,30,33H,9,16H2,1-4H3,(H,29,32)/b12-8+,14-13+/t17-,19-,21-,22+,23+,24-,27+,28?/m0/s1. The zero-order valence-electron chi connectivity index (χ0n) is 19.9. The molecule has 1 aliphatic heterocycles. The third kappa shape index (κ3) is 3.91. The maximum Gasteiger partial charge on any atom is 0.230 e. The van der Waals surface area contributed by atoms with Gasteiger partial charge in [-0.2, -0.15) is 0 Å². The second kappa shape index (κ2) is 8.69. The molecule has 1 saturated heterocycles. The van der Waals surface area contributed by atoms with Crippen LogP contribution in [0, 0.1) is 29.1 Å². The van der Waals surface area contributed by atoms with Gasteiger partial charge in [-0.3, -0.25) is 9.59 Å². The van der Waals surface area contributed by atoms with Crippen molar-refractivity contribution in [3.8, 4) is 0 Å². The number of rotatable bonds is 2. The number of ketones is 1. The Labute approximate surface area is 196 Å². The van der Waals surface area contributed by atoms with Crippen molar-refractivity contribution >= 4 is 11.7 Å². The maximum atomic E-state index is 13.8. The number of hydrogen-bond donors (Lipinski definition) is 3.